The second kappa shape index (κ2) is 7.27. The molecular weight excluding hydrogens is 400 g/mol. The van der Waals surface area contributed by atoms with Crippen LogP contribution in [0.1, 0.15) is 36.1 Å². The Morgan fingerprint density at radius 2 is 1.96 bits per heavy atom. The first-order chi connectivity index (χ1) is 13.4. The quantitative estimate of drug-likeness (QED) is 0.637. The normalized spacial score (nSPS) is 17.9. The molecule has 28 heavy (non-hydrogen) atoms. The first-order valence-electron chi connectivity index (χ1n) is 8.91. The van der Waals surface area contributed by atoms with Gasteiger partial charge in [-0.2, -0.15) is 4.31 Å². The highest BCUT2D eigenvalue weighted by Crippen LogP contribution is 2.39. The maximum absolute atomic E-state index is 13.3. The number of rotatable bonds is 4. The molecule has 3 aromatic rings. The van der Waals surface area contributed by atoms with Gasteiger partial charge in [-0.25, -0.2) is 18.4 Å². The van der Waals surface area contributed by atoms with E-state index in [2.05, 4.69) is 15.1 Å². The van der Waals surface area contributed by atoms with Crippen LogP contribution in [-0.2, 0) is 10.0 Å². The lowest BCUT2D eigenvalue weighted by Crippen LogP contribution is -2.31. The van der Waals surface area contributed by atoms with Crippen molar-refractivity contribution in [1.29, 1.82) is 0 Å². The summed E-state index contributed by atoms with van der Waals surface area (Å²) in [5.41, 5.74) is 2.03. The second-order valence-electron chi connectivity index (χ2n) is 6.78. The minimum Gasteiger partial charge on any atom is -0.356 e. The molecule has 0 spiro atoms. The van der Waals surface area contributed by atoms with Gasteiger partial charge in [0.25, 0.3) is 0 Å². The number of halogens is 1. The number of hydrogen-bond donors (Lipinski definition) is 0. The highest BCUT2D eigenvalue weighted by molar-refractivity contribution is 7.89. The highest BCUT2D eigenvalue weighted by Gasteiger charge is 2.38. The van der Waals surface area contributed by atoms with Crippen molar-refractivity contribution in [3.63, 3.8) is 0 Å². The van der Waals surface area contributed by atoms with E-state index in [-0.39, 0.29) is 4.90 Å². The Morgan fingerprint density at radius 3 is 2.64 bits per heavy atom. The summed E-state index contributed by atoms with van der Waals surface area (Å²) in [4.78, 5) is 9.07. The predicted molar refractivity (Wildman–Crippen MR) is 104 cm³/mol. The predicted octanol–water partition coefficient (Wildman–Crippen LogP) is 3.93. The first kappa shape index (κ1) is 19.0. The average Bonchev–Trinajstić information content (AvgIpc) is 3.31. The molecule has 0 N–H and O–H groups in total. The van der Waals surface area contributed by atoms with Crippen molar-refractivity contribution in [2.45, 2.75) is 37.6 Å². The van der Waals surface area contributed by atoms with E-state index >= 15 is 0 Å². The summed E-state index contributed by atoms with van der Waals surface area (Å²) in [6, 6.07) is 7.61. The summed E-state index contributed by atoms with van der Waals surface area (Å²) in [6.45, 7) is 4.04. The molecule has 2 aromatic heterocycles. The smallest absolute Gasteiger partial charge is 0.243 e. The lowest BCUT2D eigenvalue weighted by atomic mass is 10.0. The van der Waals surface area contributed by atoms with Crippen LogP contribution in [0.3, 0.4) is 0 Å². The van der Waals surface area contributed by atoms with Gasteiger partial charge in [0.15, 0.2) is 5.76 Å². The number of aromatic nitrogens is 3. The van der Waals surface area contributed by atoms with Crippen molar-refractivity contribution in [1.82, 2.24) is 19.4 Å². The fraction of sp³-hybridized carbons (Fsp3) is 0.316. The maximum atomic E-state index is 13.3. The van der Waals surface area contributed by atoms with E-state index in [9.17, 15) is 8.42 Å². The number of aryl methyl sites for hydroxylation is 2. The van der Waals surface area contributed by atoms with E-state index in [0.717, 1.165) is 12.1 Å². The van der Waals surface area contributed by atoms with Crippen LogP contribution in [0.15, 0.2) is 45.9 Å². The minimum atomic E-state index is -3.69. The Balaban J connectivity index is 1.79. The molecule has 146 valence electrons. The molecule has 0 aliphatic carbocycles. The Bertz CT molecular complexity index is 1110. The number of benzene rings is 1. The fourth-order valence-corrected chi connectivity index (χ4v) is 5.25. The molecule has 4 rings (SSSR count). The van der Waals surface area contributed by atoms with Gasteiger partial charge in [0.2, 0.25) is 10.0 Å². The van der Waals surface area contributed by atoms with Crippen LogP contribution in [0.5, 0.6) is 0 Å². The first-order valence-corrected chi connectivity index (χ1v) is 10.7. The Kier molecular flexibility index (Phi) is 4.95. The van der Waals surface area contributed by atoms with E-state index in [1.165, 1.54) is 16.4 Å². The monoisotopic (exact) mass is 418 g/mol. The van der Waals surface area contributed by atoms with Gasteiger partial charge in [-0.05, 0) is 51.0 Å². The molecule has 1 aliphatic rings. The van der Waals surface area contributed by atoms with E-state index in [0.29, 0.717) is 40.8 Å². The van der Waals surface area contributed by atoms with Gasteiger partial charge < -0.3 is 4.52 Å². The highest BCUT2D eigenvalue weighted by atomic mass is 35.5. The number of nitrogens with zero attached hydrogens (tertiary/aromatic N) is 4. The summed E-state index contributed by atoms with van der Waals surface area (Å²) in [5, 5.41) is 4.42. The van der Waals surface area contributed by atoms with Crippen molar-refractivity contribution in [3.8, 4) is 11.3 Å². The lowest BCUT2D eigenvalue weighted by Gasteiger charge is -2.25. The second-order valence-corrected chi connectivity index (χ2v) is 9.10. The summed E-state index contributed by atoms with van der Waals surface area (Å²) in [7, 11) is -3.69. The van der Waals surface area contributed by atoms with Gasteiger partial charge >= 0.3 is 0 Å². The van der Waals surface area contributed by atoms with Gasteiger partial charge in [0.1, 0.15) is 5.82 Å². The molecule has 0 amide bonds. The van der Waals surface area contributed by atoms with E-state index < -0.39 is 16.1 Å². The van der Waals surface area contributed by atoms with Crippen molar-refractivity contribution in [2.75, 3.05) is 6.54 Å². The Labute approximate surface area is 168 Å². The van der Waals surface area contributed by atoms with E-state index in [4.69, 9.17) is 16.1 Å². The third-order valence-corrected chi connectivity index (χ3v) is 6.95. The Hall–Kier alpha value is -2.29. The van der Waals surface area contributed by atoms with Crippen molar-refractivity contribution in [2.24, 2.45) is 0 Å². The molecule has 0 saturated carbocycles. The molecular formula is C19H19ClN4O3S. The van der Waals surface area contributed by atoms with Crippen LogP contribution >= 0.6 is 11.6 Å². The third kappa shape index (κ3) is 3.43. The summed E-state index contributed by atoms with van der Waals surface area (Å²) >= 11 is 5.91. The molecule has 1 atom stereocenters. The summed E-state index contributed by atoms with van der Waals surface area (Å²) in [6.07, 6.45) is 3.09. The molecule has 9 heteroatoms. The SMILES string of the molecule is Cc1cc(-c2cnc(C)nc2[C@H]2CCCN2S(=O)(=O)c2ccc(Cl)cc2)on1. The minimum absolute atomic E-state index is 0.214. The largest absolute Gasteiger partial charge is 0.356 e. The van der Waals surface area contributed by atoms with Crippen molar-refractivity contribution < 1.29 is 12.9 Å². The summed E-state index contributed by atoms with van der Waals surface area (Å²) in [5.74, 6) is 1.11. The molecule has 0 radical (unpaired) electrons. The van der Waals surface area contributed by atoms with Gasteiger partial charge in [-0.3, -0.25) is 0 Å². The van der Waals surface area contributed by atoms with Crippen LogP contribution in [0.4, 0.5) is 0 Å². The number of hydrogen-bond acceptors (Lipinski definition) is 6. The van der Waals surface area contributed by atoms with Crippen molar-refractivity contribution >= 4 is 21.6 Å². The number of sulfonamides is 1. The zero-order valence-electron chi connectivity index (χ0n) is 15.5. The molecule has 1 fully saturated rings. The van der Waals surface area contributed by atoms with E-state index in [1.807, 2.05) is 6.92 Å². The maximum Gasteiger partial charge on any atom is 0.243 e. The standard InChI is InChI=1S/C19H19ClN4O3S/c1-12-10-18(27-23-12)16-11-21-13(2)22-19(16)17-4-3-9-24(17)28(25,26)15-7-5-14(20)6-8-15/h5-8,10-11,17H,3-4,9H2,1-2H3/t17-/m1/s1. The van der Waals surface area contributed by atoms with Crippen LogP contribution in [0, 0.1) is 13.8 Å². The van der Waals surface area contributed by atoms with E-state index in [1.54, 1.807) is 31.3 Å². The van der Waals surface area contributed by atoms with Crippen LogP contribution in [0.25, 0.3) is 11.3 Å². The summed E-state index contributed by atoms with van der Waals surface area (Å²) < 4.78 is 33.4. The van der Waals surface area contributed by atoms with Crippen LogP contribution < -0.4 is 0 Å². The zero-order chi connectivity index (χ0) is 19.9. The molecule has 0 unspecified atom stereocenters. The molecule has 7 nitrogen and oxygen atoms in total. The van der Waals surface area contributed by atoms with Crippen molar-refractivity contribution in [3.05, 3.63) is 58.8 Å². The fourth-order valence-electron chi connectivity index (χ4n) is 3.46. The van der Waals surface area contributed by atoms with Gasteiger partial charge in [-0.15, -0.1) is 0 Å². The average molecular weight is 419 g/mol. The molecule has 3 heterocycles. The van der Waals surface area contributed by atoms with Crippen LogP contribution in [0.2, 0.25) is 5.02 Å². The topological polar surface area (TPSA) is 89.2 Å². The molecule has 1 aliphatic heterocycles. The van der Waals surface area contributed by atoms with Gasteiger partial charge in [-0.1, -0.05) is 16.8 Å². The Morgan fingerprint density at radius 1 is 1.21 bits per heavy atom. The van der Waals surface area contributed by atoms with Gasteiger partial charge in [0.05, 0.1) is 27.9 Å². The van der Waals surface area contributed by atoms with Gasteiger partial charge in [0, 0.05) is 23.8 Å². The molecule has 1 aromatic carbocycles. The molecule has 1 saturated heterocycles. The zero-order valence-corrected chi connectivity index (χ0v) is 17.0. The molecule has 0 bridgehead atoms. The third-order valence-electron chi connectivity index (χ3n) is 4.77. The lowest BCUT2D eigenvalue weighted by molar-refractivity contribution is 0.387. The van der Waals surface area contributed by atoms with Crippen LogP contribution in [-0.4, -0.2) is 34.4 Å².